The van der Waals surface area contributed by atoms with Crippen molar-refractivity contribution in [3.8, 4) is 0 Å². The van der Waals surface area contributed by atoms with Gasteiger partial charge in [-0.3, -0.25) is 0 Å². The van der Waals surface area contributed by atoms with Crippen LogP contribution in [0.3, 0.4) is 0 Å². The summed E-state index contributed by atoms with van der Waals surface area (Å²) in [6.07, 6.45) is 20.0. The number of hydrogen-bond acceptors (Lipinski definition) is 8. The average Bonchev–Trinajstić information content (AvgIpc) is 3.66. The van der Waals surface area contributed by atoms with E-state index in [1.807, 2.05) is 20.8 Å². The maximum absolute atomic E-state index is 13.2. The van der Waals surface area contributed by atoms with E-state index in [1.54, 1.807) is 6.92 Å². The van der Waals surface area contributed by atoms with Crippen LogP contribution in [-0.4, -0.2) is 222 Å². The quantitative estimate of drug-likeness (QED) is 0.0871. The third-order valence-corrected chi connectivity index (χ3v) is 18.3. The molecule has 16 heteroatoms. The molecule has 4 saturated heterocycles. The van der Waals surface area contributed by atoms with Gasteiger partial charge in [0.15, 0.2) is 6.17 Å². The molecule has 4 aliphatic heterocycles. The highest BCUT2D eigenvalue weighted by atomic mass is 127. The third kappa shape index (κ3) is 20.7. The van der Waals surface area contributed by atoms with Gasteiger partial charge in [-0.05, 0) is 117 Å². The molecular weight excluding hydrogens is 900 g/mol. The summed E-state index contributed by atoms with van der Waals surface area (Å²) < 4.78 is 35.5. The smallest absolute Gasteiger partial charge is 0.154 e. The molecule has 4 aliphatic rings. The summed E-state index contributed by atoms with van der Waals surface area (Å²) in [4.78, 5) is 0. The summed E-state index contributed by atoms with van der Waals surface area (Å²) in [5, 5.41) is 39.0. The van der Waals surface area contributed by atoms with E-state index in [-0.39, 0.29) is 64.4 Å². The minimum absolute atomic E-state index is 0.0351. The molecule has 4 rings (SSSR count). The van der Waals surface area contributed by atoms with E-state index in [2.05, 4.69) is 101 Å². The van der Waals surface area contributed by atoms with E-state index in [4.69, 9.17) is 34.6 Å². The standard InChI is InChI=1S/2C10H20BO2P.C10H20FO2P.C10H20IO2P/c2*1-7-9(12)8(13-10(7)11)5-6-14(2,3)4;2*1-7-9(11)10(12)8(13-7)5-6-14(2,3)4/h4*7-10,12H,2,5-6H2,1,3-4H3/t2*7?,8-,9+,10-;2*7-,8+,9?,10+/m1100/s1. The van der Waals surface area contributed by atoms with E-state index in [9.17, 15) is 24.8 Å². The fourth-order valence-corrected chi connectivity index (χ4v) is 11.0. The van der Waals surface area contributed by atoms with Crippen molar-refractivity contribution in [3.63, 3.8) is 0 Å². The van der Waals surface area contributed by atoms with Gasteiger partial charge in [-0.25, -0.2) is 4.39 Å². The summed E-state index contributed by atoms with van der Waals surface area (Å²) in [5.41, 5.74) is 0. The van der Waals surface area contributed by atoms with E-state index >= 15 is 0 Å². The summed E-state index contributed by atoms with van der Waals surface area (Å²) in [6, 6.07) is -0.609. The summed E-state index contributed by atoms with van der Waals surface area (Å²) in [6.45, 7) is 20.9. The third-order valence-electron chi connectivity index (χ3n) is 10.7. The normalized spacial score (nSPS) is 38.9. The Morgan fingerprint density at radius 1 is 0.500 bits per heavy atom. The van der Waals surface area contributed by atoms with Crippen LogP contribution in [0.1, 0.15) is 53.4 Å². The molecule has 0 aliphatic carbocycles. The van der Waals surface area contributed by atoms with E-state index in [1.165, 1.54) is 0 Å². The van der Waals surface area contributed by atoms with Gasteiger partial charge in [0, 0.05) is 23.8 Å². The maximum atomic E-state index is 13.2. The Labute approximate surface area is 359 Å². The summed E-state index contributed by atoms with van der Waals surface area (Å²) in [7, 11) is 11.4. The number of aliphatic hydroxyl groups is 4. The van der Waals surface area contributed by atoms with Gasteiger partial charge in [0.05, 0.1) is 58.9 Å². The molecule has 0 amide bonds. The molecule has 4 heterocycles. The topological polar surface area (TPSA) is 118 Å². The van der Waals surface area contributed by atoms with Crippen molar-refractivity contribution < 1.29 is 43.8 Å². The van der Waals surface area contributed by atoms with Crippen LogP contribution in [0.15, 0.2) is 0 Å². The van der Waals surface area contributed by atoms with Crippen molar-refractivity contribution >= 4 is 91.0 Å². The molecule has 16 atom stereocenters. The second kappa shape index (κ2) is 23.9. The molecule has 0 bridgehead atoms. The number of hydrogen-bond donors (Lipinski definition) is 4. The van der Waals surface area contributed by atoms with Crippen molar-refractivity contribution in [2.45, 2.75) is 137 Å². The molecule has 4 radical (unpaired) electrons. The monoisotopic (exact) mass is 980 g/mol. The van der Waals surface area contributed by atoms with Crippen molar-refractivity contribution in [1.82, 2.24) is 0 Å². The van der Waals surface area contributed by atoms with Crippen molar-refractivity contribution in [2.24, 2.45) is 11.8 Å². The van der Waals surface area contributed by atoms with Crippen LogP contribution in [0.25, 0.3) is 0 Å². The van der Waals surface area contributed by atoms with E-state index in [0.717, 1.165) is 50.3 Å². The minimum atomic E-state index is -1.23. The SMILES string of the molecule is C=P(C)(C)CC[C@H]1O[C@@H](C)C(F)[C@@H]1O.C=P(C)(C)CC[C@H]1O[C@@H](C)C(I)[C@@H]1O.[B][C@@H]1O[C@H](CCP(=C)(C)C)[C@@H](O)C1C.[B][C@@H]1O[C@H](CCP(=C)(C)C)[C@@H](O)C1C. The summed E-state index contributed by atoms with van der Waals surface area (Å²) in [5.74, 6) is 0.0949. The molecule has 0 aromatic carbocycles. The fraction of sp³-hybridized carbons (Fsp3) is 0.900. The van der Waals surface area contributed by atoms with Crippen molar-refractivity contribution in [2.75, 3.05) is 78.0 Å². The van der Waals surface area contributed by atoms with Gasteiger partial charge in [0.25, 0.3) is 0 Å². The van der Waals surface area contributed by atoms with Crippen LogP contribution in [-0.2, 0) is 18.9 Å². The van der Waals surface area contributed by atoms with Crippen LogP contribution in [0.2, 0.25) is 0 Å². The van der Waals surface area contributed by atoms with Crippen molar-refractivity contribution in [1.29, 1.82) is 0 Å². The Hall–Kier alpha value is 1.67. The van der Waals surface area contributed by atoms with Gasteiger partial charge in [-0.1, -0.05) is 36.4 Å². The number of alkyl halides is 2. The first-order valence-electron chi connectivity index (χ1n) is 20.1. The molecule has 0 aromatic rings. The van der Waals surface area contributed by atoms with Gasteiger partial charge in [0.1, 0.15) is 21.8 Å². The fourth-order valence-electron chi connectivity index (χ4n) is 6.57. The largest absolute Gasteiger partial charge is 0.390 e. The zero-order valence-corrected chi connectivity index (χ0v) is 42.6. The Morgan fingerprint density at radius 3 is 0.964 bits per heavy atom. The lowest BCUT2D eigenvalue weighted by Crippen LogP contribution is -2.28. The number of rotatable bonds is 12. The van der Waals surface area contributed by atoms with Crippen molar-refractivity contribution in [3.05, 3.63) is 0 Å². The number of halogens is 2. The molecular formula is C40H80B2FIO8P4. The molecule has 56 heavy (non-hydrogen) atoms. The Balaban J connectivity index is 0.000000373. The summed E-state index contributed by atoms with van der Waals surface area (Å²) >= 11 is 2.28. The number of aliphatic hydroxyl groups excluding tert-OH is 4. The van der Waals surface area contributed by atoms with Crippen LogP contribution in [0.4, 0.5) is 4.39 Å². The van der Waals surface area contributed by atoms with Crippen LogP contribution in [0.5, 0.6) is 0 Å². The Bertz CT molecular complexity index is 1160. The van der Waals surface area contributed by atoms with Gasteiger partial charge >= 0.3 is 0 Å². The number of ether oxygens (including phenoxy) is 4. The first-order valence-corrected chi connectivity index (χ1v) is 33.5. The van der Waals surface area contributed by atoms with Gasteiger partial charge in [-0.2, -0.15) is 0 Å². The predicted molar refractivity (Wildman–Crippen MR) is 264 cm³/mol. The Kier molecular flexibility index (Phi) is 23.8. The highest BCUT2D eigenvalue weighted by Crippen LogP contribution is 2.41. The predicted octanol–water partition coefficient (Wildman–Crippen LogP) is 5.56. The van der Waals surface area contributed by atoms with E-state index in [0.29, 0.717) is 0 Å². The second-order valence-corrected chi connectivity index (χ2v) is 38.1. The van der Waals surface area contributed by atoms with Gasteiger partial charge in [0.2, 0.25) is 0 Å². The maximum Gasteiger partial charge on any atom is 0.154 e. The lowest BCUT2D eigenvalue weighted by Gasteiger charge is -2.19. The first kappa shape index (κ1) is 55.7. The van der Waals surface area contributed by atoms with Crippen LogP contribution >= 0.6 is 50.1 Å². The highest BCUT2D eigenvalue weighted by molar-refractivity contribution is 14.1. The zero-order valence-electron chi connectivity index (χ0n) is 36.8. The molecule has 0 aromatic heterocycles. The molecule has 8 nitrogen and oxygen atoms in total. The molecule has 4 unspecified atom stereocenters. The van der Waals surface area contributed by atoms with Gasteiger partial charge in [-0.15, -0.1) is 52.7 Å². The second-order valence-electron chi connectivity index (χ2n) is 19.4. The highest BCUT2D eigenvalue weighted by Gasteiger charge is 2.42. The molecule has 4 N–H and O–H groups in total. The zero-order chi connectivity index (χ0) is 43.7. The molecule has 328 valence electrons. The molecule has 4 fully saturated rings. The lowest BCUT2D eigenvalue weighted by atomic mass is 9.86. The van der Waals surface area contributed by atoms with Gasteiger partial charge < -0.3 is 39.4 Å². The van der Waals surface area contributed by atoms with Crippen LogP contribution < -0.4 is 0 Å². The lowest BCUT2D eigenvalue weighted by molar-refractivity contribution is 0.0150. The Morgan fingerprint density at radius 2 is 0.768 bits per heavy atom. The van der Waals surface area contributed by atoms with E-state index < -0.39 is 58.1 Å². The average molecular weight is 980 g/mol. The first-order chi connectivity index (χ1) is 25.2. The molecule has 0 saturated carbocycles. The molecule has 0 spiro atoms. The minimum Gasteiger partial charge on any atom is -0.390 e. The van der Waals surface area contributed by atoms with Crippen LogP contribution in [0, 0.1) is 11.8 Å².